The number of halogens is 1. The number of carbonyl (C=O) groups excluding carboxylic acids is 2. The second kappa shape index (κ2) is 9.95. The van der Waals surface area contributed by atoms with Crippen LogP contribution in [0.5, 0.6) is 0 Å². The molecule has 2 rings (SSSR count). The number of ether oxygens (including phenoxy) is 1. The van der Waals surface area contributed by atoms with Crippen molar-refractivity contribution in [3.63, 3.8) is 0 Å². The van der Waals surface area contributed by atoms with E-state index in [1.54, 1.807) is 0 Å². The van der Waals surface area contributed by atoms with Gasteiger partial charge in [0.2, 0.25) is 0 Å². The Balaban J connectivity index is 1.52. The lowest BCUT2D eigenvalue weighted by atomic mass is 9.94. The number of unbranched alkanes of at least 4 members (excludes halogenated alkanes) is 5. The van der Waals surface area contributed by atoms with Crippen molar-refractivity contribution in [1.29, 1.82) is 0 Å². The lowest BCUT2D eigenvalue weighted by Gasteiger charge is -2.15. The molecule has 2 bridgehead atoms. The number of carbonyl (C=O) groups is 2. The van der Waals surface area contributed by atoms with Crippen molar-refractivity contribution >= 4 is 11.9 Å². The van der Waals surface area contributed by atoms with Crippen LogP contribution in [-0.4, -0.2) is 18.1 Å². The van der Waals surface area contributed by atoms with Gasteiger partial charge < -0.3 is 4.74 Å². The molecule has 4 atom stereocenters. The van der Waals surface area contributed by atoms with E-state index in [-0.39, 0.29) is 24.7 Å². The molecule has 2 aliphatic rings. The third kappa shape index (κ3) is 6.03. The van der Waals surface area contributed by atoms with Crippen LogP contribution in [-0.2, 0) is 14.3 Å². The zero-order valence-corrected chi connectivity index (χ0v) is 14.8. The smallest absolute Gasteiger partial charge is 0.317 e. The Hall–Kier alpha value is -1.19. The molecule has 4 heteroatoms. The average molecular weight is 338 g/mol. The molecule has 2 aliphatic carbocycles. The van der Waals surface area contributed by atoms with Crippen LogP contribution in [0.1, 0.15) is 77.6 Å². The van der Waals surface area contributed by atoms with E-state index in [4.69, 9.17) is 4.74 Å². The zero-order valence-electron chi connectivity index (χ0n) is 14.8. The molecule has 0 aliphatic heterocycles. The highest BCUT2D eigenvalue weighted by atomic mass is 19.1. The minimum atomic E-state index is -0.968. The Bertz CT molecular complexity index is 446. The van der Waals surface area contributed by atoms with Crippen molar-refractivity contribution < 1.29 is 18.7 Å². The number of rotatable bonds is 11. The van der Waals surface area contributed by atoms with Crippen molar-refractivity contribution in [3.8, 4) is 0 Å². The molecule has 1 fully saturated rings. The van der Waals surface area contributed by atoms with Gasteiger partial charge in [-0.05, 0) is 37.5 Å². The highest BCUT2D eigenvalue weighted by Crippen LogP contribution is 2.43. The molecule has 0 saturated heterocycles. The number of fused-ring (bicyclic) bond motifs is 2. The quantitative estimate of drug-likeness (QED) is 0.227. The molecular weight excluding hydrogens is 307 g/mol. The molecule has 4 unspecified atom stereocenters. The fourth-order valence-corrected chi connectivity index (χ4v) is 3.86. The molecule has 0 spiro atoms. The van der Waals surface area contributed by atoms with E-state index in [0.29, 0.717) is 12.3 Å². The predicted octanol–water partition coefficient (Wildman–Crippen LogP) is 5.14. The topological polar surface area (TPSA) is 43.4 Å². The van der Waals surface area contributed by atoms with Crippen molar-refractivity contribution in [2.75, 3.05) is 0 Å². The van der Waals surface area contributed by atoms with Crippen LogP contribution < -0.4 is 0 Å². The maximum Gasteiger partial charge on any atom is 0.317 e. The van der Waals surface area contributed by atoms with Crippen molar-refractivity contribution in [2.24, 2.45) is 17.8 Å². The van der Waals surface area contributed by atoms with Gasteiger partial charge in [0, 0.05) is 6.42 Å². The van der Waals surface area contributed by atoms with Crippen LogP contribution in [0.4, 0.5) is 4.39 Å². The van der Waals surface area contributed by atoms with Gasteiger partial charge in [-0.2, -0.15) is 0 Å². The van der Waals surface area contributed by atoms with E-state index in [2.05, 4.69) is 19.1 Å². The lowest BCUT2D eigenvalue weighted by Crippen LogP contribution is -2.24. The minimum Gasteiger partial charge on any atom is -0.393 e. The predicted molar refractivity (Wildman–Crippen MR) is 92.1 cm³/mol. The average Bonchev–Trinajstić information content (AvgIpc) is 3.19. The molecule has 0 aromatic rings. The Morgan fingerprint density at radius 3 is 2.50 bits per heavy atom. The van der Waals surface area contributed by atoms with Crippen LogP contribution >= 0.6 is 0 Å². The third-order valence-corrected chi connectivity index (χ3v) is 5.33. The number of alkyl halides is 1. The Morgan fingerprint density at radius 2 is 1.83 bits per heavy atom. The van der Waals surface area contributed by atoms with Crippen molar-refractivity contribution in [2.45, 2.75) is 83.7 Å². The van der Waals surface area contributed by atoms with Gasteiger partial charge in [-0.15, -0.1) is 0 Å². The maximum atomic E-state index is 13.8. The standard InChI is InChI=1S/C20H31FO3/c1-2-3-4-5-6-7-8-17(21)11-12-19(22)24-20(23)18-14-15-9-10-16(18)13-15/h9-10,15-18H,2-8,11-14H2,1H3. The summed E-state index contributed by atoms with van der Waals surface area (Å²) in [5.74, 6) is -0.457. The Labute approximate surface area is 145 Å². The second-order valence-electron chi connectivity index (χ2n) is 7.37. The van der Waals surface area contributed by atoms with Crippen LogP contribution in [0, 0.1) is 17.8 Å². The lowest BCUT2D eigenvalue weighted by molar-refractivity contribution is -0.163. The summed E-state index contributed by atoms with van der Waals surface area (Å²) >= 11 is 0. The van der Waals surface area contributed by atoms with Gasteiger partial charge in [-0.1, -0.05) is 57.6 Å². The largest absolute Gasteiger partial charge is 0.393 e. The van der Waals surface area contributed by atoms with Gasteiger partial charge in [0.05, 0.1) is 5.92 Å². The van der Waals surface area contributed by atoms with E-state index < -0.39 is 18.1 Å². The van der Waals surface area contributed by atoms with Crippen LogP contribution in [0.25, 0.3) is 0 Å². The molecular formula is C20H31FO3. The summed E-state index contributed by atoms with van der Waals surface area (Å²) in [7, 11) is 0. The summed E-state index contributed by atoms with van der Waals surface area (Å²) in [6.07, 6.45) is 12.5. The van der Waals surface area contributed by atoms with E-state index >= 15 is 0 Å². The Kier molecular flexibility index (Phi) is 7.93. The fourth-order valence-electron chi connectivity index (χ4n) is 3.86. The van der Waals surface area contributed by atoms with Crippen molar-refractivity contribution in [3.05, 3.63) is 12.2 Å². The first-order valence-electron chi connectivity index (χ1n) is 9.67. The highest BCUT2D eigenvalue weighted by Gasteiger charge is 2.41. The number of esters is 2. The van der Waals surface area contributed by atoms with Crippen molar-refractivity contribution in [1.82, 2.24) is 0 Å². The summed E-state index contributed by atoms with van der Waals surface area (Å²) in [5, 5.41) is 0. The van der Waals surface area contributed by atoms with Gasteiger partial charge in [-0.25, -0.2) is 4.39 Å². The summed E-state index contributed by atoms with van der Waals surface area (Å²) in [6.45, 7) is 2.18. The first-order valence-corrected chi connectivity index (χ1v) is 9.67. The summed E-state index contributed by atoms with van der Waals surface area (Å²) in [5.41, 5.74) is 0. The molecule has 0 heterocycles. The summed E-state index contributed by atoms with van der Waals surface area (Å²) < 4.78 is 18.7. The number of hydrogen-bond acceptors (Lipinski definition) is 3. The van der Waals surface area contributed by atoms with E-state index in [9.17, 15) is 14.0 Å². The molecule has 136 valence electrons. The van der Waals surface area contributed by atoms with Gasteiger partial charge in [0.1, 0.15) is 6.17 Å². The van der Waals surface area contributed by atoms with Gasteiger partial charge >= 0.3 is 11.9 Å². The summed E-state index contributed by atoms with van der Waals surface area (Å²) in [6, 6.07) is 0. The number of hydrogen-bond donors (Lipinski definition) is 0. The second-order valence-corrected chi connectivity index (χ2v) is 7.37. The molecule has 0 aromatic carbocycles. The molecule has 24 heavy (non-hydrogen) atoms. The summed E-state index contributed by atoms with van der Waals surface area (Å²) in [4.78, 5) is 23.8. The molecule has 0 N–H and O–H groups in total. The maximum absolute atomic E-state index is 13.8. The zero-order chi connectivity index (χ0) is 17.4. The van der Waals surface area contributed by atoms with Gasteiger partial charge in [0.15, 0.2) is 0 Å². The molecule has 0 radical (unpaired) electrons. The highest BCUT2D eigenvalue weighted by molar-refractivity contribution is 5.87. The van der Waals surface area contributed by atoms with Gasteiger partial charge in [0.25, 0.3) is 0 Å². The van der Waals surface area contributed by atoms with Crippen LogP contribution in [0.3, 0.4) is 0 Å². The molecule has 1 saturated carbocycles. The van der Waals surface area contributed by atoms with E-state index in [1.165, 1.54) is 19.3 Å². The molecule has 0 amide bonds. The first-order chi connectivity index (χ1) is 11.6. The normalized spacial score (nSPS) is 25.8. The molecule has 3 nitrogen and oxygen atoms in total. The van der Waals surface area contributed by atoms with E-state index in [1.807, 2.05) is 0 Å². The number of allylic oxidation sites excluding steroid dienone is 2. The van der Waals surface area contributed by atoms with Crippen LogP contribution in [0.15, 0.2) is 12.2 Å². The van der Waals surface area contributed by atoms with Crippen LogP contribution in [0.2, 0.25) is 0 Å². The minimum absolute atomic E-state index is 0.000599. The van der Waals surface area contributed by atoms with E-state index in [0.717, 1.165) is 32.1 Å². The third-order valence-electron chi connectivity index (χ3n) is 5.33. The fraction of sp³-hybridized carbons (Fsp3) is 0.800. The van der Waals surface area contributed by atoms with Gasteiger partial charge in [-0.3, -0.25) is 9.59 Å². The molecule has 0 aromatic heterocycles. The monoisotopic (exact) mass is 338 g/mol. The Morgan fingerprint density at radius 1 is 1.08 bits per heavy atom. The first kappa shape index (κ1) is 19.1. The SMILES string of the molecule is CCCCCCCCC(F)CCC(=O)OC(=O)C1CC2C=CC1C2.